The molecule has 1 heterocycles. The van der Waals surface area contributed by atoms with E-state index in [-0.39, 0.29) is 17.7 Å². The minimum atomic E-state index is -0.260. The standard InChI is InChI=1S/C9H17N3O2/c1-2-3-4-12-6-7(5-8(12)13)9(14)11-10/h7H,2-6,10H2,1H3,(H,11,14)/t7-/m1/s1. The zero-order valence-electron chi connectivity index (χ0n) is 8.45. The molecule has 0 unspecified atom stereocenters. The Balaban J connectivity index is 2.43. The van der Waals surface area contributed by atoms with E-state index in [1.54, 1.807) is 4.90 Å². The van der Waals surface area contributed by atoms with Crippen LogP contribution < -0.4 is 11.3 Å². The number of hydrogen-bond acceptors (Lipinski definition) is 3. The maximum Gasteiger partial charge on any atom is 0.239 e. The molecule has 1 fully saturated rings. The number of rotatable bonds is 4. The fourth-order valence-corrected chi connectivity index (χ4v) is 1.63. The van der Waals surface area contributed by atoms with Crippen molar-refractivity contribution in [3.63, 3.8) is 0 Å². The zero-order valence-corrected chi connectivity index (χ0v) is 8.45. The largest absolute Gasteiger partial charge is 0.342 e. The molecule has 80 valence electrons. The Morgan fingerprint density at radius 3 is 3.00 bits per heavy atom. The van der Waals surface area contributed by atoms with Gasteiger partial charge in [-0.3, -0.25) is 15.0 Å². The number of nitrogens with two attached hydrogens (primary N) is 1. The Morgan fingerprint density at radius 2 is 2.43 bits per heavy atom. The lowest BCUT2D eigenvalue weighted by Crippen LogP contribution is -2.37. The van der Waals surface area contributed by atoms with Crippen LogP contribution in [0.3, 0.4) is 0 Å². The minimum absolute atomic E-state index is 0.0621. The van der Waals surface area contributed by atoms with Crippen LogP contribution in [0.5, 0.6) is 0 Å². The molecule has 1 aliphatic heterocycles. The molecule has 0 aliphatic carbocycles. The van der Waals surface area contributed by atoms with E-state index in [4.69, 9.17) is 5.84 Å². The lowest BCUT2D eigenvalue weighted by atomic mass is 10.1. The lowest BCUT2D eigenvalue weighted by molar-refractivity contribution is -0.129. The van der Waals surface area contributed by atoms with Gasteiger partial charge in [-0.05, 0) is 6.42 Å². The summed E-state index contributed by atoms with van der Waals surface area (Å²) in [6.07, 6.45) is 2.34. The van der Waals surface area contributed by atoms with Crippen LogP contribution in [-0.2, 0) is 9.59 Å². The van der Waals surface area contributed by atoms with Crippen LogP contribution >= 0.6 is 0 Å². The molecule has 0 radical (unpaired) electrons. The van der Waals surface area contributed by atoms with Gasteiger partial charge in [-0.25, -0.2) is 5.84 Å². The summed E-state index contributed by atoms with van der Waals surface area (Å²) in [5.41, 5.74) is 2.09. The van der Waals surface area contributed by atoms with Crippen molar-refractivity contribution in [1.82, 2.24) is 10.3 Å². The number of hydrazine groups is 1. The second-order valence-corrected chi connectivity index (χ2v) is 3.60. The van der Waals surface area contributed by atoms with Crippen molar-refractivity contribution in [1.29, 1.82) is 0 Å². The van der Waals surface area contributed by atoms with E-state index in [0.717, 1.165) is 19.4 Å². The molecule has 1 aliphatic rings. The first-order valence-corrected chi connectivity index (χ1v) is 4.97. The Bertz CT molecular complexity index is 230. The zero-order chi connectivity index (χ0) is 10.6. The topological polar surface area (TPSA) is 75.4 Å². The van der Waals surface area contributed by atoms with Gasteiger partial charge in [0.1, 0.15) is 0 Å². The Morgan fingerprint density at radius 1 is 1.71 bits per heavy atom. The SMILES string of the molecule is CCCCN1C[C@H](C(=O)NN)CC1=O. The van der Waals surface area contributed by atoms with E-state index in [1.165, 1.54) is 0 Å². The smallest absolute Gasteiger partial charge is 0.239 e. The van der Waals surface area contributed by atoms with Crippen LogP contribution in [0.2, 0.25) is 0 Å². The minimum Gasteiger partial charge on any atom is -0.342 e. The number of likely N-dealkylation sites (tertiary alicyclic amines) is 1. The number of nitrogens with zero attached hydrogens (tertiary/aromatic N) is 1. The van der Waals surface area contributed by atoms with E-state index >= 15 is 0 Å². The van der Waals surface area contributed by atoms with Crippen molar-refractivity contribution in [3.8, 4) is 0 Å². The van der Waals surface area contributed by atoms with Gasteiger partial charge in [0, 0.05) is 19.5 Å². The van der Waals surface area contributed by atoms with E-state index in [1.807, 2.05) is 0 Å². The Labute approximate surface area is 83.6 Å². The summed E-state index contributed by atoms with van der Waals surface area (Å²) in [4.78, 5) is 24.3. The molecule has 0 spiro atoms. The molecular weight excluding hydrogens is 182 g/mol. The van der Waals surface area contributed by atoms with E-state index in [0.29, 0.717) is 13.0 Å². The fourth-order valence-electron chi connectivity index (χ4n) is 1.63. The van der Waals surface area contributed by atoms with Crippen LogP contribution in [0, 0.1) is 5.92 Å². The predicted octanol–water partition coefficient (Wildman–Crippen LogP) is -0.375. The summed E-state index contributed by atoms with van der Waals surface area (Å²) in [6, 6.07) is 0. The molecule has 5 heteroatoms. The van der Waals surface area contributed by atoms with Crippen LogP contribution in [-0.4, -0.2) is 29.8 Å². The van der Waals surface area contributed by atoms with E-state index in [2.05, 4.69) is 12.3 Å². The highest BCUT2D eigenvalue weighted by molar-refractivity contribution is 5.88. The second-order valence-electron chi connectivity index (χ2n) is 3.60. The summed E-state index contributed by atoms with van der Waals surface area (Å²) in [5.74, 6) is 4.58. The first-order chi connectivity index (χ1) is 6.69. The molecule has 0 bridgehead atoms. The molecule has 1 rings (SSSR count). The molecule has 5 nitrogen and oxygen atoms in total. The molecule has 0 aromatic rings. The summed E-state index contributed by atoms with van der Waals surface area (Å²) in [5, 5.41) is 0. The second kappa shape index (κ2) is 4.95. The van der Waals surface area contributed by atoms with Crippen LogP contribution in [0.15, 0.2) is 0 Å². The summed E-state index contributed by atoms with van der Waals surface area (Å²) < 4.78 is 0. The number of amides is 2. The van der Waals surface area contributed by atoms with Gasteiger partial charge in [0.2, 0.25) is 11.8 Å². The van der Waals surface area contributed by atoms with Gasteiger partial charge >= 0.3 is 0 Å². The number of carbonyl (C=O) groups is 2. The summed E-state index contributed by atoms with van der Waals surface area (Å²) >= 11 is 0. The van der Waals surface area contributed by atoms with Gasteiger partial charge in [-0.2, -0.15) is 0 Å². The summed E-state index contributed by atoms with van der Waals surface area (Å²) in [6.45, 7) is 3.34. The maximum absolute atomic E-state index is 11.4. The van der Waals surface area contributed by atoms with Gasteiger partial charge in [-0.1, -0.05) is 13.3 Å². The van der Waals surface area contributed by atoms with Gasteiger partial charge in [0.25, 0.3) is 0 Å². The lowest BCUT2D eigenvalue weighted by Gasteiger charge is -2.15. The molecule has 0 saturated carbocycles. The molecule has 14 heavy (non-hydrogen) atoms. The van der Waals surface area contributed by atoms with E-state index < -0.39 is 0 Å². The van der Waals surface area contributed by atoms with Crippen LogP contribution in [0.4, 0.5) is 0 Å². The van der Waals surface area contributed by atoms with Crippen molar-refractivity contribution in [3.05, 3.63) is 0 Å². The Kier molecular flexibility index (Phi) is 3.88. The average molecular weight is 199 g/mol. The maximum atomic E-state index is 11.4. The highest BCUT2D eigenvalue weighted by Crippen LogP contribution is 2.17. The molecule has 1 atom stereocenters. The number of carbonyl (C=O) groups excluding carboxylic acids is 2. The highest BCUT2D eigenvalue weighted by Gasteiger charge is 2.33. The molecule has 2 amide bonds. The van der Waals surface area contributed by atoms with Crippen molar-refractivity contribution >= 4 is 11.8 Å². The van der Waals surface area contributed by atoms with Crippen LogP contribution in [0.25, 0.3) is 0 Å². The van der Waals surface area contributed by atoms with Crippen molar-refractivity contribution < 1.29 is 9.59 Å². The third-order valence-corrected chi connectivity index (χ3v) is 2.51. The molecule has 1 saturated heterocycles. The van der Waals surface area contributed by atoms with Crippen LogP contribution in [0.1, 0.15) is 26.2 Å². The number of nitrogens with one attached hydrogen (secondary N) is 1. The third kappa shape index (κ3) is 2.45. The normalized spacial score (nSPS) is 21.4. The van der Waals surface area contributed by atoms with Gasteiger partial charge in [-0.15, -0.1) is 0 Å². The predicted molar refractivity (Wildman–Crippen MR) is 51.9 cm³/mol. The van der Waals surface area contributed by atoms with Crippen molar-refractivity contribution in [2.45, 2.75) is 26.2 Å². The van der Waals surface area contributed by atoms with Gasteiger partial charge in [0.15, 0.2) is 0 Å². The first kappa shape index (κ1) is 11.0. The number of hydrogen-bond donors (Lipinski definition) is 2. The monoisotopic (exact) mass is 199 g/mol. The quantitative estimate of drug-likeness (QED) is 0.368. The molecular formula is C9H17N3O2. The van der Waals surface area contributed by atoms with Gasteiger partial charge in [0.05, 0.1) is 5.92 Å². The van der Waals surface area contributed by atoms with Crippen molar-refractivity contribution in [2.75, 3.05) is 13.1 Å². The van der Waals surface area contributed by atoms with Crippen molar-refractivity contribution in [2.24, 2.45) is 11.8 Å². The van der Waals surface area contributed by atoms with E-state index in [9.17, 15) is 9.59 Å². The highest BCUT2D eigenvalue weighted by atomic mass is 16.2. The molecule has 0 aromatic heterocycles. The Hall–Kier alpha value is -1.10. The first-order valence-electron chi connectivity index (χ1n) is 4.97. The molecule has 0 aromatic carbocycles. The average Bonchev–Trinajstić information content (AvgIpc) is 2.56. The van der Waals surface area contributed by atoms with Gasteiger partial charge < -0.3 is 4.90 Å². The third-order valence-electron chi connectivity index (χ3n) is 2.51. The fraction of sp³-hybridized carbons (Fsp3) is 0.778. The number of unbranched alkanes of at least 4 members (excludes halogenated alkanes) is 1. The molecule has 3 N–H and O–H groups in total. The summed E-state index contributed by atoms with van der Waals surface area (Å²) in [7, 11) is 0.